The maximum atomic E-state index is 2.43. The van der Waals surface area contributed by atoms with E-state index in [1.54, 1.807) is 0 Å². The van der Waals surface area contributed by atoms with Crippen LogP contribution in [0, 0.1) is 0 Å². The molecule has 0 aliphatic rings. The van der Waals surface area contributed by atoms with Gasteiger partial charge in [0.15, 0.2) is 0 Å². The Hall–Kier alpha value is -3.38. The van der Waals surface area contributed by atoms with Gasteiger partial charge in [0, 0.05) is 0 Å². The molecule has 0 saturated heterocycles. The minimum absolute atomic E-state index is 1.12. The van der Waals surface area contributed by atoms with Crippen molar-refractivity contribution in [2.75, 3.05) is 0 Å². The Morgan fingerprint density at radius 3 is 1.79 bits per heavy atom. The lowest BCUT2D eigenvalue weighted by Crippen LogP contribution is -1.97. The van der Waals surface area contributed by atoms with E-state index in [2.05, 4.69) is 110 Å². The number of rotatable bonds is 9. The van der Waals surface area contributed by atoms with Crippen molar-refractivity contribution in [3.63, 3.8) is 0 Å². The number of hydrogen-bond donors (Lipinski definition) is 0. The summed E-state index contributed by atoms with van der Waals surface area (Å²) in [6.07, 6.45) is 9.02. The Balaban J connectivity index is 1.71. The molecule has 34 heavy (non-hydrogen) atoms. The molecule has 5 aromatic rings. The first-order valence-electron chi connectivity index (χ1n) is 12.9. The van der Waals surface area contributed by atoms with Gasteiger partial charge in [0.2, 0.25) is 0 Å². The molecule has 0 N–H and O–H groups in total. The molecule has 0 unspecified atom stereocenters. The van der Waals surface area contributed by atoms with E-state index in [-0.39, 0.29) is 0 Å². The zero-order valence-corrected chi connectivity index (χ0v) is 20.3. The SMILES string of the molecule is CCCCCCCCc1c(-c2ccccc2)c(-c2ccccc2)cc2cc3ccccc3cc12. The summed E-state index contributed by atoms with van der Waals surface area (Å²) in [6.45, 7) is 2.29. The molecular weight excluding hydrogens is 408 g/mol. The largest absolute Gasteiger partial charge is 0.0654 e. The van der Waals surface area contributed by atoms with Crippen LogP contribution in [0.2, 0.25) is 0 Å². The minimum Gasteiger partial charge on any atom is -0.0654 e. The van der Waals surface area contributed by atoms with Crippen LogP contribution in [0.15, 0.2) is 103 Å². The van der Waals surface area contributed by atoms with Crippen molar-refractivity contribution in [2.45, 2.75) is 51.9 Å². The summed E-state index contributed by atoms with van der Waals surface area (Å²) in [5.74, 6) is 0. The molecule has 0 aliphatic carbocycles. The maximum Gasteiger partial charge on any atom is -0.00669 e. The van der Waals surface area contributed by atoms with Crippen LogP contribution in [0.5, 0.6) is 0 Å². The molecule has 0 heterocycles. The van der Waals surface area contributed by atoms with Crippen LogP contribution in [-0.4, -0.2) is 0 Å². The highest BCUT2D eigenvalue weighted by Crippen LogP contribution is 2.41. The van der Waals surface area contributed by atoms with Crippen molar-refractivity contribution >= 4 is 21.5 Å². The van der Waals surface area contributed by atoms with Crippen LogP contribution in [-0.2, 0) is 6.42 Å². The fourth-order valence-electron chi connectivity index (χ4n) is 5.29. The Morgan fingerprint density at radius 2 is 1.09 bits per heavy atom. The molecule has 0 radical (unpaired) electrons. The normalized spacial score (nSPS) is 11.3. The summed E-state index contributed by atoms with van der Waals surface area (Å²) in [5.41, 5.74) is 6.86. The van der Waals surface area contributed by atoms with Crippen LogP contribution >= 0.6 is 0 Å². The van der Waals surface area contributed by atoms with Crippen molar-refractivity contribution in [1.82, 2.24) is 0 Å². The zero-order chi connectivity index (χ0) is 23.2. The van der Waals surface area contributed by atoms with Crippen molar-refractivity contribution in [1.29, 1.82) is 0 Å². The molecule has 0 heteroatoms. The summed E-state index contributed by atoms with van der Waals surface area (Å²) in [7, 11) is 0. The summed E-state index contributed by atoms with van der Waals surface area (Å²) < 4.78 is 0. The fourth-order valence-corrected chi connectivity index (χ4v) is 5.29. The molecule has 0 nitrogen and oxygen atoms in total. The highest BCUT2D eigenvalue weighted by molar-refractivity contribution is 6.06. The van der Waals surface area contributed by atoms with Gasteiger partial charge in [0.25, 0.3) is 0 Å². The van der Waals surface area contributed by atoms with E-state index in [4.69, 9.17) is 0 Å². The van der Waals surface area contributed by atoms with Crippen LogP contribution in [0.25, 0.3) is 43.8 Å². The third-order valence-corrected chi connectivity index (χ3v) is 7.04. The number of unbranched alkanes of at least 4 members (excludes halogenated alkanes) is 5. The Morgan fingerprint density at radius 1 is 0.500 bits per heavy atom. The third-order valence-electron chi connectivity index (χ3n) is 7.04. The quantitative estimate of drug-likeness (QED) is 0.157. The molecule has 0 atom stereocenters. The van der Waals surface area contributed by atoms with Gasteiger partial charge in [-0.25, -0.2) is 0 Å². The first-order valence-corrected chi connectivity index (χ1v) is 12.9. The van der Waals surface area contributed by atoms with Gasteiger partial charge < -0.3 is 0 Å². The van der Waals surface area contributed by atoms with Gasteiger partial charge in [-0.15, -0.1) is 0 Å². The van der Waals surface area contributed by atoms with Crippen LogP contribution < -0.4 is 0 Å². The Labute approximate surface area is 204 Å². The number of hydrogen-bond acceptors (Lipinski definition) is 0. The summed E-state index contributed by atoms with van der Waals surface area (Å²) in [6, 6.07) is 37.9. The smallest absolute Gasteiger partial charge is 0.00669 e. The monoisotopic (exact) mass is 442 g/mol. The fraction of sp³-hybridized carbons (Fsp3) is 0.235. The first kappa shape index (κ1) is 22.4. The Bertz CT molecular complexity index is 1360. The van der Waals surface area contributed by atoms with Gasteiger partial charge in [-0.2, -0.15) is 0 Å². The number of fused-ring (bicyclic) bond motifs is 2. The second-order valence-corrected chi connectivity index (χ2v) is 9.45. The highest BCUT2D eigenvalue weighted by Gasteiger charge is 2.17. The maximum absolute atomic E-state index is 2.43. The van der Waals surface area contributed by atoms with Crippen molar-refractivity contribution in [3.8, 4) is 22.3 Å². The van der Waals surface area contributed by atoms with E-state index in [0.29, 0.717) is 0 Å². The van der Waals surface area contributed by atoms with Crippen LogP contribution in [0.4, 0.5) is 0 Å². The Kier molecular flexibility index (Phi) is 7.05. The predicted octanol–water partition coefficient (Wildman–Crippen LogP) is 10.2. The van der Waals surface area contributed by atoms with E-state index < -0.39 is 0 Å². The molecule has 0 amide bonds. The van der Waals surface area contributed by atoms with E-state index >= 15 is 0 Å². The summed E-state index contributed by atoms with van der Waals surface area (Å²) >= 11 is 0. The lowest BCUT2D eigenvalue weighted by molar-refractivity contribution is 0.608. The number of aryl methyl sites for hydroxylation is 1. The zero-order valence-electron chi connectivity index (χ0n) is 20.3. The average Bonchev–Trinajstić information content (AvgIpc) is 2.90. The van der Waals surface area contributed by atoms with Gasteiger partial charge in [0.05, 0.1) is 0 Å². The third kappa shape index (κ3) is 4.77. The molecule has 0 fully saturated rings. The molecule has 5 aromatic carbocycles. The van der Waals surface area contributed by atoms with Crippen LogP contribution in [0.3, 0.4) is 0 Å². The molecule has 170 valence electrons. The van der Waals surface area contributed by atoms with Gasteiger partial charge in [-0.1, -0.05) is 124 Å². The van der Waals surface area contributed by atoms with Crippen molar-refractivity contribution in [2.24, 2.45) is 0 Å². The standard InChI is InChI=1S/C34H34/c1-2-3-4-5-6-13-22-31-32-24-29-21-15-14-20-28(29)23-30(32)25-33(26-16-9-7-10-17-26)34(31)27-18-11-8-12-19-27/h7-12,14-21,23-25H,2-6,13,22H2,1H3. The topological polar surface area (TPSA) is 0 Å². The van der Waals surface area contributed by atoms with E-state index in [0.717, 1.165) is 6.42 Å². The second kappa shape index (κ2) is 10.7. The molecule has 5 rings (SSSR count). The second-order valence-electron chi connectivity index (χ2n) is 9.45. The highest BCUT2D eigenvalue weighted by atomic mass is 14.2. The average molecular weight is 443 g/mol. The predicted molar refractivity (Wildman–Crippen MR) is 149 cm³/mol. The van der Waals surface area contributed by atoms with Crippen LogP contribution in [0.1, 0.15) is 51.0 Å². The molecule has 0 saturated carbocycles. The van der Waals surface area contributed by atoms with E-state index in [9.17, 15) is 0 Å². The van der Waals surface area contributed by atoms with Gasteiger partial charge in [-0.3, -0.25) is 0 Å². The number of benzene rings is 5. The summed E-state index contributed by atoms with van der Waals surface area (Å²) in [4.78, 5) is 0. The van der Waals surface area contributed by atoms with Gasteiger partial charge in [0.1, 0.15) is 0 Å². The van der Waals surface area contributed by atoms with Crippen molar-refractivity contribution < 1.29 is 0 Å². The lowest BCUT2D eigenvalue weighted by atomic mass is 9.84. The van der Waals surface area contributed by atoms with Crippen molar-refractivity contribution in [3.05, 3.63) is 109 Å². The molecule has 0 aliphatic heterocycles. The molecule has 0 bridgehead atoms. The first-order chi connectivity index (χ1) is 16.8. The molecule has 0 spiro atoms. The summed E-state index contributed by atoms with van der Waals surface area (Å²) in [5, 5.41) is 5.39. The molecular formula is C34H34. The molecule has 0 aromatic heterocycles. The minimum atomic E-state index is 1.12. The van der Waals surface area contributed by atoms with E-state index in [1.165, 1.54) is 87.9 Å². The van der Waals surface area contributed by atoms with E-state index in [1.807, 2.05) is 0 Å². The van der Waals surface area contributed by atoms with Gasteiger partial charge in [-0.05, 0) is 80.4 Å². The lowest BCUT2D eigenvalue weighted by Gasteiger charge is -2.20. The van der Waals surface area contributed by atoms with Gasteiger partial charge >= 0.3 is 0 Å².